The minimum Gasteiger partial charge on any atom is -0.361 e. The molecule has 2 heteroatoms. The van der Waals surface area contributed by atoms with E-state index in [0.717, 1.165) is 16.7 Å². The largest absolute Gasteiger partial charge is 0.361 e. The summed E-state index contributed by atoms with van der Waals surface area (Å²) in [6, 6.07) is 38.8. The maximum absolute atomic E-state index is 12.0. The molecule has 0 fully saturated rings. The second kappa shape index (κ2) is 8.27. The van der Waals surface area contributed by atoms with Crippen LogP contribution in [0.4, 0.5) is 0 Å². The van der Waals surface area contributed by atoms with Crippen LogP contribution in [0.25, 0.3) is 0 Å². The zero-order valence-electron chi connectivity index (χ0n) is 17.0. The van der Waals surface area contributed by atoms with Crippen molar-refractivity contribution in [1.29, 1.82) is 0 Å². The summed E-state index contributed by atoms with van der Waals surface area (Å²) in [5.74, 6) is -2.40. The molecule has 0 aliphatic rings. The van der Waals surface area contributed by atoms with Crippen molar-refractivity contribution in [3.8, 4) is 0 Å². The van der Waals surface area contributed by atoms with Crippen LogP contribution in [-0.4, -0.2) is 10.2 Å². The molecule has 0 aromatic heterocycles. The van der Waals surface area contributed by atoms with E-state index < -0.39 is 11.2 Å². The van der Waals surface area contributed by atoms with Crippen LogP contribution in [0.3, 0.4) is 0 Å². The van der Waals surface area contributed by atoms with Crippen LogP contribution in [0.5, 0.6) is 0 Å². The van der Waals surface area contributed by atoms with Gasteiger partial charge in [-0.25, -0.2) is 0 Å². The zero-order chi connectivity index (χ0) is 21.0. The van der Waals surface area contributed by atoms with Crippen LogP contribution in [-0.2, 0) is 11.2 Å². The lowest BCUT2D eigenvalue weighted by atomic mass is 9.58. The molecule has 150 valence electrons. The van der Waals surface area contributed by atoms with E-state index in [2.05, 4.69) is 6.92 Å². The van der Waals surface area contributed by atoms with Crippen LogP contribution in [0.1, 0.15) is 35.1 Å². The molecule has 0 aliphatic carbocycles. The third-order valence-corrected chi connectivity index (χ3v) is 6.13. The topological polar surface area (TPSA) is 40.5 Å². The Morgan fingerprint density at radius 2 is 0.833 bits per heavy atom. The second-order valence-electron chi connectivity index (χ2n) is 7.71. The van der Waals surface area contributed by atoms with Gasteiger partial charge in [-0.1, -0.05) is 128 Å². The smallest absolute Gasteiger partial charge is 0.204 e. The first-order valence-corrected chi connectivity index (χ1v) is 10.2. The van der Waals surface area contributed by atoms with Crippen molar-refractivity contribution in [2.75, 3.05) is 0 Å². The fourth-order valence-corrected chi connectivity index (χ4v) is 4.66. The molecular formula is C28H26O2. The molecular weight excluding hydrogens is 368 g/mol. The van der Waals surface area contributed by atoms with Gasteiger partial charge in [-0.05, 0) is 16.7 Å². The van der Waals surface area contributed by atoms with E-state index in [0.29, 0.717) is 5.56 Å². The van der Waals surface area contributed by atoms with Crippen molar-refractivity contribution in [2.45, 2.75) is 24.0 Å². The lowest BCUT2D eigenvalue weighted by molar-refractivity contribution is -0.218. The van der Waals surface area contributed by atoms with Gasteiger partial charge in [0, 0.05) is 11.5 Å². The van der Waals surface area contributed by atoms with E-state index in [-0.39, 0.29) is 5.92 Å². The summed E-state index contributed by atoms with van der Waals surface area (Å²) in [5.41, 5.74) is 2.05. The summed E-state index contributed by atoms with van der Waals surface area (Å²) in [6.07, 6.45) is 0. The van der Waals surface area contributed by atoms with E-state index in [9.17, 15) is 10.2 Å². The van der Waals surface area contributed by atoms with Gasteiger partial charge in [0.2, 0.25) is 5.79 Å². The SMILES string of the molecule is CC(c1ccccc1)C(c1ccccc1)(c1ccccc1)C(O)(O)c1ccccc1. The Kier molecular flexibility index (Phi) is 5.54. The molecule has 4 aromatic carbocycles. The standard InChI is InChI=1S/C28H26O2/c1-22(23-14-6-2-7-15-23)27(24-16-8-3-9-17-24,25-18-10-4-11-19-25)28(29,30)26-20-12-5-13-21-26/h2-22,29-30H,1H3. The van der Waals surface area contributed by atoms with Gasteiger partial charge in [-0.3, -0.25) is 0 Å². The van der Waals surface area contributed by atoms with Crippen LogP contribution >= 0.6 is 0 Å². The summed E-state index contributed by atoms with van der Waals surface area (Å²) >= 11 is 0. The Morgan fingerprint density at radius 1 is 0.500 bits per heavy atom. The van der Waals surface area contributed by atoms with Crippen molar-refractivity contribution >= 4 is 0 Å². The number of hydrogen-bond acceptors (Lipinski definition) is 2. The normalized spacial score (nSPS) is 13.0. The molecule has 2 nitrogen and oxygen atoms in total. The summed E-state index contributed by atoms with van der Waals surface area (Å²) < 4.78 is 0. The minimum atomic E-state index is -2.16. The molecule has 0 amide bonds. The van der Waals surface area contributed by atoms with Crippen molar-refractivity contribution in [3.05, 3.63) is 144 Å². The highest BCUT2D eigenvalue weighted by atomic mass is 16.5. The highest BCUT2D eigenvalue weighted by Crippen LogP contribution is 2.54. The number of rotatable bonds is 6. The molecule has 0 heterocycles. The Bertz CT molecular complexity index is 1020. The van der Waals surface area contributed by atoms with Crippen LogP contribution in [0.15, 0.2) is 121 Å². The molecule has 2 N–H and O–H groups in total. The Balaban J connectivity index is 2.09. The van der Waals surface area contributed by atoms with Crippen LogP contribution < -0.4 is 0 Å². The number of benzene rings is 4. The van der Waals surface area contributed by atoms with E-state index in [1.165, 1.54) is 0 Å². The van der Waals surface area contributed by atoms with E-state index >= 15 is 0 Å². The lowest BCUT2D eigenvalue weighted by Gasteiger charge is -2.49. The van der Waals surface area contributed by atoms with Gasteiger partial charge in [-0.2, -0.15) is 0 Å². The third-order valence-electron chi connectivity index (χ3n) is 6.13. The number of aliphatic hydroxyl groups is 2. The predicted octanol–water partition coefficient (Wildman–Crippen LogP) is 5.61. The van der Waals surface area contributed by atoms with Gasteiger partial charge in [0.05, 0.1) is 5.41 Å². The van der Waals surface area contributed by atoms with Gasteiger partial charge >= 0.3 is 0 Å². The Hall–Kier alpha value is -3.20. The molecule has 4 aromatic rings. The molecule has 0 bridgehead atoms. The molecule has 0 spiro atoms. The van der Waals surface area contributed by atoms with E-state index in [1.807, 2.05) is 109 Å². The van der Waals surface area contributed by atoms with Gasteiger partial charge in [0.15, 0.2) is 0 Å². The minimum absolute atomic E-state index is 0.237. The van der Waals surface area contributed by atoms with Crippen LogP contribution in [0.2, 0.25) is 0 Å². The zero-order valence-corrected chi connectivity index (χ0v) is 17.0. The van der Waals surface area contributed by atoms with Crippen molar-refractivity contribution in [1.82, 2.24) is 0 Å². The van der Waals surface area contributed by atoms with Gasteiger partial charge in [0.1, 0.15) is 0 Å². The molecule has 1 atom stereocenters. The fraction of sp³-hybridized carbons (Fsp3) is 0.143. The Labute approximate surface area is 178 Å². The lowest BCUT2D eigenvalue weighted by Crippen LogP contribution is -2.53. The van der Waals surface area contributed by atoms with Gasteiger partial charge in [-0.15, -0.1) is 0 Å². The first-order valence-electron chi connectivity index (χ1n) is 10.2. The molecule has 0 aliphatic heterocycles. The fourth-order valence-electron chi connectivity index (χ4n) is 4.66. The summed E-state index contributed by atoms with van der Waals surface area (Å²) in [4.78, 5) is 0. The van der Waals surface area contributed by atoms with Crippen LogP contribution in [0, 0.1) is 0 Å². The van der Waals surface area contributed by atoms with E-state index in [4.69, 9.17) is 0 Å². The predicted molar refractivity (Wildman–Crippen MR) is 121 cm³/mol. The first kappa shape index (κ1) is 20.1. The van der Waals surface area contributed by atoms with E-state index in [1.54, 1.807) is 12.1 Å². The maximum atomic E-state index is 12.0. The van der Waals surface area contributed by atoms with Crippen molar-refractivity contribution in [2.24, 2.45) is 0 Å². The highest BCUT2D eigenvalue weighted by Gasteiger charge is 2.56. The summed E-state index contributed by atoms with van der Waals surface area (Å²) in [6.45, 7) is 2.07. The first-order chi connectivity index (χ1) is 14.6. The quantitative estimate of drug-likeness (QED) is 0.417. The highest BCUT2D eigenvalue weighted by molar-refractivity contribution is 5.49. The van der Waals surface area contributed by atoms with Crippen molar-refractivity contribution in [3.63, 3.8) is 0 Å². The average molecular weight is 395 g/mol. The molecule has 1 unspecified atom stereocenters. The average Bonchev–Trinajstić information content (AvgIpc) is 2.82. The van der Waals surface area contributed by atoms with Crippen molar-refractivity contribution < 1.29 is 10.2 Å². The Morgan fingerprint density at radius 3 is 1.23 bits per heavy atom. The molecule has 0 saturated carbocycles. The monoisotopic (exact) mass is 394 g/mol. The molecule has 0 saturated heterocycles. The molecule has 4 rings (SSSR count). The third kappa shape index (κ3) is 3.24. The summed E-state index contributed by atoms with van der Waals surface area (Å²) in [5, 5.41) is 24.0. The molecule has 30 heavy (non-hydrogen) atoms. The molecule has 0 radical (unpaired) electrons. The summed E-state index contributed by atoms with van der Waals surface area (Å²) in [7, 11) is 0. The van der Waals surface area contributed by atoms with Gasteiger partial charge < -0.3 is 10.2 Å². The maximum Gasteiger partial charge on any atom is 0.204 e. The number of hydrogen-bond donors (Lipinski definition) is 2. The second-order valence-corrected chi connectivity index (χ2v) is 7.71. The van der Waals surface area contributed by atoms with Gasteiger partial charge in [0.25, 0.3) is 0 Å².